The van der Waals surface area contributed by atoms with Crippen molar-refractivity contribution in [3.8, 4) is 22.6 Å². The zero-order valence-corrected chi connectivity index (χ0v) is 13.1. The molecule has 3 aromatic rings. The lowest BCUT2D eigenvalue weighted by Crippen LogP contribution is -2.03. The van der Waals surface area contributed by atoms with Gasteiger partial charge in [-0.2, -0.15) is 0 Å². The molecular weight excluding hydrogens is 306 g/mol. The number of methoxy groups -OCH3 is 1. The summed E-state index contributed by atoms with van der Waals surface area (Å²) < 4.78 is 10.9. The molecule has 5 heteroatoms. The second-order valence-corrected chi connectivity index (χ2v) is 5.72. The zero-order valence-electron chi connectivity index (χ0n) is 13.1. The van der Waals surface area contributed by atoms with E-state index in [1.807, 2.05) is 30.3 Å². The van der Waals surface area contributed by atoms with E-state index in [2.05, 4.69) is 11.1 Å². The van der Waals surface area contributed by atoms with Crippen LogP contribution in [0.4, 0.5) is 0 Å². The minimum atomic E-state index is -1.05. The van der Waals surface area contributed by atoms with E-state index in [0.29, 0.717) is 30.2 Å². The Labute approximate surface area is 138 Å². The number of pyridine rings is 1. The first-order valence-electron chi connectivity index (χ1n) is 7.61. The zero-order chi connectivity index (χ0) is 16.7. The number of fused-ring (bicyclic) bond motifs is 3. The van der Waals surface area contributed by atoms with Crippen molar-refractivity contribution in [2.24, 2.45) is 0 Å². The van der Waals surface area contributed by atoms with Crippen molar-refractivity contribution in [3.05, 3.63) is 65.0 Å². The van der Waals surface area contributed by atoms with Crippen molar-refractivity contribution in [1.29, 1.82) is 0 Å². The van der Waals surface area contributed by atoms with Crippen LogP contribution in [0.15, 0.2) is 46.9 Å². The minimum absolute atomic E-state index is 0.0187. The van der Waals surface area contributed by atoms with Gasteiger partial charge in [0.25, 0.3) is 0 Å². The van der Waals surface area contributed by atoms with Gasteiger partial charge in [0.1, 0.15) is 23.8 Å². The number of furan rings is 1. The molecule has 1 aromatic carbocycles. The van der Waals surface area contributed by atoms with Gasteiger partial charge in [-0.15, -0.1) is 0 Å². The van der Waals surface area contributed by atoms with Gasteiger partial charge in [0.05, 0.1) is 0 Å². The highest BCUT2D eigenvalue weighted by Gasteiger charge is 2.26. The number of aromatic nitrogens is 1. The van der Waals surface area contributed by atoms with Crippen molar-refractivity contribution in [1.82, 2.24) is 4.98 Å². The van der Waals surface area contributed by atoms with Crippen molar-refractivity contribution >= 4 is 5.97 Å². The average molecular weight is 321 g/mol. The van der Waals surface area contributed by atoms with Crippen LogP contribution in [0.5, 0.6) is 0 Å². The topological polar surface area (TPSA) is 72.6 Å². The lowest BCUT2D eigenvalue weighted by Gasteiger charge is -2.08. The lowest BCUT2D eigenvalue weighted by molar-refractivity contribution is 0.0690. The molecule has 1 aliphatic rings. The summed E-state index contributed by atoms with van der Waals surface area (Å²) >= 11 is 0. The minimum Gasteiger partial charge on any atom is -0.477 e. The molecule has 2 heterocycles. The monoisotopic (exact) mass is 321 g/mol. The predicted octanol–water partition coefficient (Wildman–Crippen LogP) is 3.76. The molecule has 0 bridgehead atoms. The largest absolute Gasteiger partial charge is 0.477 e. The van der Waals surface area contributed by atoms with E-state index < -0.39 is 5.97 Å². The van der Waals surface area contributed by atoms with E-state index in [1.54, 1.807) is 13.2 Å². The Bertz CT molecular complexity index is 942. The number of nitrogens with zero attached hydrogens (tertiary/aromatic N) is 1. The SMILES string of the molecule is COCc1ccc(-c2nc(C(=O)O)cc3c2Cc2ccccc2-3)o1. The molecule has 0 spiro atoms. The molecule has 0 amide bonds. The van der Waals surface area contributed by atoms with Gasteiger partial charge in [0.2, 0.25) is 0 Å². The Morgan fingerprint density at radius 3 is 2.88 bits per heavy atom. The first kappa shape index (κ1) is 14.7. The predicted molar refractivity (Wildman–Crippen MR) is 87.9 cm³/mol. The Balaban J connectivity index is 1.91. The first-order chi connectivity index (χ1) is 11.7. The Kier molecular flexibility index (Phi) is 3.43. The summed E-state index contributed by atoms with van der Waals surface area (Å²) in [6.07, 6.45) is 0.716. The molecule has 0 saturated carbocycles. The summed E-state index contributed by atoms with van der Waals surface area (Å²) in [6, 6.07) is 13.3. The third-order valence-corrected chi connectivity index (χ3v) is 4.20. The van der Waals surface area contributed by atoms with E-state index in [-0.39, 0.29) is 5.69 Å². The van der Waals surface area contributed by atoms with Crippen LogP contribution in [0, 0.1) is 0 Å². The molecule has 0 fully saturated rings. The molecule has 24 heavy (non-hydrogen) atoms. The maximum absolute atomic E-state index is 11.5. The van der Waals surface area contributed by atoms with Gasteiger partial charge in [-0.25, -0.2) is 9.78 Å². The summed E-state index contributed by atoms with van der Waals surface area (Å²) in [5.41, 5.74) is 4.75. The Hall–Kier alpha value is -2.92. The van der Waals surface area contributed by atoms with Gasteiger partial charge in [-0.1, -0.05) is 24.3 Å². The fourth-order valence-electron chi connectivity index (χ4n) is 3.16. The number of rotatable bonds is 4. The van der Waals surface area contributed by atoms with Gasteiger partial charge in [-0.05, 0) is 40.5 Å². The highest BCUT2D eigenvalue weighted by molar-refractivity contribution is 5.91. The number of benzene rings is 1. The maximum atomic E-state index is 11.5. The summed E-state index contributed by atoms with van der Waals surface area (Å²) in [7, 11) is 1.60. The van der Waals surface area contributed by atoms with Crippen LogP contribution in [0.1, 0.15) is 27.4 Å². The first-order valence-corrected chi connectivity index (χ1v) is 7.61. The molecular formula is C19H15NO4. The second kappa shape index (κ2) is 5.62. The average Bonchev–Trinajstić information content (AvgIpc) is 3.18. The summed E-state index contributed by atoms with van der Waals surface area (Å²) in [5.74, 6) is 0.195. The van der Waals surface area contributed by atoms with Gasteiger partial charge < -0.3 is 14.3 Å². The van der Waals surface area contributed by atoms with Gasteiger partial charge in [0, 0.05) is 13.5 Å². The Morgan fingerprint density at radius 2 is 2.08 bits per heavy atom. The summed E-state index contributed by atoms with van der Waals surface area (Å²) in [4.78, 5) is 15.8. The molecule has 4 rings (SSSR count). The quantitative estimate of drug-likeness (QED) is 0.619. The highest BCUT2D eigenvalue weighted by atomic mass is 16.5. The summed E-state index contributed by atoms with van der Waals surface area (Å²) in [5, 5.41) is 9.41. The molecule has 0 unspecified atom stereocenters. The molecule has 0 saturated heterocycles. The molecule has 0 atom stereocenters. The van der Waals surface area contributed by atoms with Gasteiger partial charge in [-0.3, -0.25) is 0 Å². The number of carbonyl (C=O) groups is 1. The van der Waals surface area contributed by atoms with Crippen LogP contribution in [0.2, 0.25) is 0 Å². The normalized spacial score (nSPS) is 12.0. The standard InChI is InChI=1S/C19H15NO4/c1-23-10-12-6-7-17(24-12)18-15-8-11-4-2-3-5-13(11)14(15)9-16(20-18)19(21)22/h2-7,9H,8,10H2,1H3,(H,21,22). The van der Waals surface area contributed by atoms with Crippen molar-refractivity contribution in [3.63, 3.8) is 0 Å². The van der Waals surface area contributed by atoms with E-state index in [0.717, 1.165) is 16.7 Å². The van der Waals surface area contributed by atoms with E-state index in [9.17, 15) is 9.90 Å². The number of hydrogen-bond acceptors (Lipinski definition) is 4. The van der Waals surface area contributed by atoms with Crippen molar-refractivity contribution < 1.29 is 19.1 Å². The maximum Gasteiger partial charge on any atom is 0.354 e. The molecule has 1 N–H and O–H groups in total. The van der Waals surface area contributed by atoms with Crippen LogP contribution in [0.3, 0.4) is 0 Å². The van der Waals surface area contributed by atoms with E-state index in [1.165, 1.54) is 5.56 Å². The molecule has 120 valence electrons. The smallest absolute Gasteiger partial charge is 0.354 e. The third-order valence-electron chi connectivity index (χ3n) is 4.20. The Morgan fingerprint density at radius 1 is 1.25 bits per heavy atom. The number of ether oxygens (including phenoxy) is 1. The van der Waals surface area contributed by atoms with Crippen LogP contribution in [0.25, 0.3) is 22.6 Å². The van der Waals surface area contributed by atoms with Crippen LogP contribution in [-0.2, 0) is 17.8 Å². The van der Waals surface area contributed by atoms with Crippen LogP contribution >= 0.6 is 0 Å². The van der Waals surface area contributed by atoms with Crippen LogP contribution < -0.4 is 0 Å². The molecule has 0 aliphatic heterocycles. The molecule has 0 radical (unpaired) electrons. The third kappa shape index (κ3) is 2.30. The van der Waals surface area contributed by atoms with Gasteiger partial charge in [0.15, 0.2) is 5.76 Å². The number of aromatic carboxylic acids is 1. The molecule has 5 nitrogen and oxygen atoms in total. The molecule has 2 aromatic heterocycles. The van der Waals surface area contributed by atoms with Crippen molar-refractivity contribution in [2.45, 2.75) is 13.0 Å². The van der Waals surface area contributed by atoms with Crippen LogP contribution in [-0.4, -0.2) is 23.2 Å². The lowest BCUT2D eigenvalue weighted by atomic mass is 10.0. The number of carboxylic acid groups (broad SMARTS) is 1. The highest BCUT2D eigenvalue weighted by Crippen LogP contribution is 2.41. The number of hydrogen-bond donors (Lipinski definition) is 1. The fraction of sp³-hybridized carbons (Fsp3) is 0.158. The fourth-order valence-corrected chi connectivity index (χ4v) is 3.16. The second-order valence-electron chi connectivity index (χ2n) is 5.72. The van der Waals surface area contributed by atoms with E-state index >= 15 is 0 Å². The van der Waals surface area contributed by atoms with Gasteiger partial charge >= 0.3 is 5.97 Å². The number of carboxylic acids is 1. The van der Waals surface area contributed by atoms with E-state index in [4.69, 9.17) is 9.15 Å². The molecule has 1 aliphatic carbocycles. The van der Waals surface area contributed by atoms with Crippen molar-refractivity contribution in [2.75, 3.05) is 7.11 Å². The summed E-state index contributed by atoms with van der Waals surface area (Å²) in [6.45, 7) is 0.362.